The lowest BCUT2D eigenvalue weighted by atomic mass is 9.73. The summed E-state index contributed by atoms with van der Waals surface area (Å²) in [6, 6.07) is 12.7. The Labute approximate surface area is 201 Å². The number of nitrogens with one attached hydrogen (secondary N) is 1. The number of allylic oxidation sites excluding steroid dienone is 1. The maximum Gasteiger partial charge on any atom is 0.228 e. The van der Waals surface area contributed by atoms with Crippen LogP contribution in [0.1, 0.15) is 58.6 Å². The van der Waals surface area contributed by atoms with Gasteiger partial charge < -0.3 is 14.8 Å². The molecule has 0 bridgehead atoms. The Morgan fingerprint density at radius 1 is 1.12 bits per heavy atom. The standard InChI is InChI=1S/C28H34N2O4/c1-17(2)13-25(32)30-22-10-8-7-9-20(22)29-21-15-28(3,4)16-23(31)26(21)27(30)19-12-11-18(33-5)14-24(19)34-6/h7-12,14,17,27,29H,13,15-16H2,1-6H3. The van der Waals surface area contributed by atoms with Crippen LogP contribution in [0.25, 0.3) is 0 Å². The highest BCUT2D eigenvalue weighted by Crippen LogP contribution is 2.50. The van der Waals surface area contributed by atoms with Crippen LogP contribution in [0, 0.1) is 11.3 Å². The molecular weight excluding hydrogens is 428 g/mol. The summed E-state index contributed by atoms with van der Waals surface area (Å²) in [5.74, 6) is 1.42. The van der Waals surface area contributed by atoms with E-state index < -0.39 is 6.04 Å². The number of benzene rings is 2. The Hall–Kier alpha value is -3.28. The number of ketones is 1. The molecule has 0 saturated heterocycles. The zero-order valence-electron chi connectivity index (χ0n) is 20.9. The number of para-hydroxylation sites is 2. The Kier molecular flexibility index (Phi) is 6.43. The first-order valence-corrected chi connectivity index (χ1v) is 11.8. The predicted molar refractivity (Wildman–Crippen MR) is 134 cm³/mol. The van der Waals surface area contributed by atoms with Gasteiger partial charge in [0.2, 0.25) is 5.91 Å². The molecule has 6 nitrogen and oxygen atoms in total. The number of methoxy groups -OCH3 is 2. The zero-order chi connectivity index (χ0) is 24.6. The molecule has 2 aromatic rings. The number of fused-ring (bicyclic) bond motifs is 1. The fourth-order valence-corrected chi connectivity index (χ4v) is 5.05. The summed E-state index contributed by atoms with van der Waals surface area (Å²) in [4.78, 5) is 29.4. The van der Waals surface area contributed by atoms with Crippen LogP contribution in [0.5, 0.6) is 11.5 Å². The third kappa shape index (κ3) is 4.41. The van der Waals surface area contributed by atoms with Gasteiger partial charge in [0.25, 0.3) is 0 Å². The maximum atomic E-state index is 13.8. The van der Waals surface area contributed by atoms with Gasteiger partial charge in [-0.05, 0) is 42.0 Å². The highest BCUT2D eigenvalue weighted by Gasteiger charge is 2.44. The van der Waals surface area contributed by atoms with Gasteiger partial charge in [0, 0.05) is 35.7 Å². The molecule has 6 heteroatoms. The maximum absolute atomic E-state index is 13.8. The van der Waals surface area contributed by atoms with Crippen molar-refractivity contribution in [1.82, 2.24) is 0 Å². The van der Waals surface area contributed by atoms with E-state index in [0.717, 1.165) is 22.6 Å². The fraction of sp³-hybridized carbons (Fsp3) is 0.429. The van der Waals surface area contributed by atoms with Crippen LogP contribution in [-0.2, 0) is 9.59 Å². The smallest absolute Gasteiger partial charge is 0.228 e. The van der Waals surface area contributed by atoms with E-state index in [1.165, 1.54) is 0 Å². The molecule has 1 aliphatic carbocycles. The first kappa shape index (κ1) is 23.9. The minimum absolute atomic E-state index is 0.0292. The van der Waals surface area contributed by atoms with Crippen molar-refractivity contribution in [3.63, 3.8) is 0 Å². The van der Waals surface area contributed by atoms with Crippen molar-refractivity contribution in [3.8, 4) is 11.5 Å². The molecule has 1 amide bonds. The largest absolute Gasteiger partial charge is 0.497 e. The van der Waals surface area contributed by atoms with Crippen molar-refractivity contribution in [2.75, 3.05) is 24.4 Å². The van der Waals surface area contributed by atoms with E-state index >= 15 is 0 Å². The molecule has 2 aliphatic rings. The van der Waals surface area contributed by atoms with Gasteiger partial charge in [-0.3, -0.25) is 14.5 Å². The molecule has 0 fully saturated rings. The fourth-order valence-electron chi connectivity index (χ4n) is 5.05. The zero-order valence-corrected chi connectivity index (χ0v) is 20.9. The number of nitrogens with zero attached hydrogens (tertiary/aromatic N) is 1. The van der Waals surface area contributed by atoms with E-state index in [1.807, 2.05) is 56.3 Å². The molecule has 1 unspecified atom stereocenters. The van der Waals surface area contributed by atoms with Gasteiger partial charge in [-0.25, -0.2) is 0 Å². The number of hydrogen-bond acceptors (Lipinski definition) is 5. The summed E-state index contributed by atoms with van der Waals surface area (Å²) in [7, 11) is 3.20. The Morgan fingerprint density at radius 2 is 1.85 bits per heavy atom. The second-order valence-electron chi connectivity index (χ2n) is 10.3. The van der Waals surface area contributed by atoms with Gasteiger partial charge in [-0.2, -0.15) is 0 Å². The van der Waals surface area contributed by atoms with Crippen LogP contribution in [0.15, 0.2) is 53.7 Å². The average Bonchev–Trinajstić information content (AvgIpc) is 2.91. The number of rotatable bonds is 5. The van der Waals surface area contributed by atoms with Crippen LogP contribution in [0.2, 0.25) is 0 Å². The predicted octanol–water partition coefficient (Wildman–Crippen LogP) is 5.89. The second kappa shape index (κ2) is 9.16. The van der Waals surface area contributed by atoms with E-state index in [-0.39, 0.29) is 23.0 Å². The number of hydrogen-bond donors (Lipinski definition) is 1. The molecule has 4 rings (SSSR count). The Morgan fingerprint density at radius 3 is 2.53 bits per heavy atom. The quantitative estimate of drug-likeness (QED) is 0.600. The molecule has 1 aliphatic heterocycles. The van der Waals surface area contributed by atoms with Crippen LogP contribution >= 0.6 is 0 Å². The Balaban J connectivity index is 2.03. The van der Waals surface area contributed by atoms with E-state index in [4.69, 9.17) is 9.47 Å². The number of carbonyl (C=O) groups excluding carboxylic acids is 2. The molecule has 34 heavy (non-hydrogen) atoms. The van der Waals surface area contributed by atoms with Crippen LogP contribution in [0.4, 0.5) is 11.4 Å². The average molecular weight is 463 g/mol. The molecule has 0 spiro atoms. The molecule has 1 heterocycles. The van der Waals surface area contributed by atoms with Crippen molar-refractivity contribution in [2.45, 2.75) is 53.0 Å². The van der Waals surface area contributed by atoms with Crippen molar-refractivity contribution < 1.29 is 19.1 Å². The number of ether oxygens (including phenoxy) is 2. The number of carbonyl (C=O) groups is 2. The van der Waals surface area contributed by atoms with E-state index in [1.54, 1.807) is 19.1 Å². The van der Waals surface area contributed by atoms with Crippen molar-refractivity contribution in [2.24, 2.45) is 11.3 Å². The number of amides is 1. The van der Waals surface area contributed by atoms with Gasteiger partial charge in [-0.15, -0.1) is 0 Å². The first-order valence-electron chi connectivity index (χ1n) is 11.8. The summed E-state index contributed by atoms with van der Waals surface area (Å²) in [5, 5.41) is 3.54. The summed E-state index contributed by atoms with van der Waals surface area (Å²) >= 11 is 0. The van der Waals surface area contributed by atoms with E-state index in [2.05, 4.69) is 19.2 Å². The van der Waals surface area contributed by atoms with Crippen LogP contribution in [-0.4, -0.2) is 25.9 Å². The lowest BCUT2D eigenvalue weighted by molar-refractivity contribution is -0.120. The van der Waals surface area contributed by atoms with Crippen molar-refractivity contribution in [3.05, 3.63) is 59.3 Å². The minimum Gasteiger partial charge on any atom is -0.497 e. The number of Topliss-reactive ketones (excluding diaryl/α,β-unsaturated/α-hetero) is 1. The SMILES string of the molecule is COc1ccc(C2C3=C(CC(C)(C)CC3=O)Nc3ccccc3N2C(=O)CC(C)C)c(OC)c1. The van der Waals surface area contributed by atoms with Crippen LogP contribution < -0.4 is 19.7 Å². The topological polar surface area (TPSA) is 67.9 Å². The van der Waals surface area contributed by atoms with Gasteiger partial charge in [0.1, 0.15) is 11.5 Å². The molecule has 1 N–H and O–H groups in total. The molecule has 0 aromatic heterocycles. The summed E-state index contributed by atoms with van der Waals surface area (Å²) < 4.78 is 11.2. The molecule has 0 saturated carbocycles. The van der Waals surface area contributed by atoms with Gasteiger partial charge in [0.05, 0.1) is 31.6 Å². The van der Waals surface area contributed by atoms with Gasteiger partial charge in [0.15, 0.2) is 5.78 Å². The molecular formula is C28H34N2O4. The van der Waals surface area contributed by atoms with E-state index in [0.29, 0.717) is 36.3 Å². The molecule has 180 valence electrons. The van der Waals surface area contributed by atoms with Crippen molar-refractivity contribution >= 4 is 23.1 Å². The normalized spacial score (nSPS) is 19.2. The van der Waals surface area contributed by atoms with E-state index in [9.17, 15) is 9.59 Å². The summed E-state index contributed by atoms with van der Waals surface area (Å²) in [6.07, 6.45) is 1.50. The third-order valence-electron chi connectivity index (χ3n) is 6.49. The van der Waals surface area contributed by atoms with Gasteiger partial charge >= 0.3 is 0 Å². The third-order valence-corrected chi connectivity index (χ3v) is 6.49. The number of anilines is 2. The lowest BCUT2D eigenvalue weighted by Crippen LogP contribution is -2.40. The van der Waals surface area contributed by atoms with Gasteiger partial charge in [-0.1, -0.05) is 39.8 Å². The van der Waals surface area contributed by atoms with Crippen molar-refractivity contribution in [1.29, 1.82) is 0 Å². The lowest BCUT2D eigenvalue weighted by Gasteiger charge is -2.37. The monoisotopic (exact) mass is 462 g/mol. The summed E-state index contributed by atoms with van der Waals surface area (Å²) in [6.45, 7) is 8.28. The highest BCUT2D eigenvalue weighted by molar-refractivity contribution is 6.06. The van der Waals surface area contributed by atoms with Crippen LogP contribution in [0.3, 0.4) is 0 Å². The Bertz CT molecular complexity index is 1150. The first-order chi connectivity index (χ1) is 16.1. The highest BCUT2D eigenvalue weighted by atomic mass is 16.5. The molecule has 0 radical (unpaired) electrons. The molecule has 2 aromatic carbocycles. The molecule has 1 atom stereocenters. The summed E-state index contributed by atoms with van der Waals surface area (Å²) in [5.41, 5.74) is 3.68. The minimum atomic E-state index is -0.609. The second-order valence-corrected chi connectivity index (χ2v) is 10.3.